The number of thiazole rings is 1. The summed E-state index contributed by atoms with van der Waals surface area (Å²) < 4.78 is 5.75. The van der Waals surface area contributed by atoms with Gasteiger partial charge in [0.15, 0.2) is 0 Å². The second-order valence-corrected chi connectivity index (χ2v) is 7.05. The molecule has 3 N–H and O–H groups in total. The summed E-state index contributed by atoms with van der Waals surface area (Å²) >= 11 is 1.59. The molecule has 0 spiro atoms. The zero-order valence-electron chi connectivity index (χ0n) is 15.2. The molecule has 0 aliphatic rings. The normalized spacial score (nSPS) is 10.8. The first-order valence-corrected chi connectivity index (χ1v) is 9.40. The van der Waals surface area contributed by atoms with Crippen LogP contribution in [0.15, 0.2) is 60.0 Å². The number of aromatic nitrogens is 1. The summed E-state index contributed by atoms with van der Waals surface area (Å²) in [6, 6.07) is 13.8. The van der Waals surface area contributed by atoms with Crippen LogP contribution >= 0.6 is 11.3 Å². The maximum atomic E-state index is 12.1. The first kappa shape index (κ1) is 19.3. The quantitative estimate of drug-likeness (QED) is 0.597. The monoisotopic (exact) mass is 393 g/mol. The average molecular weight is 393 g/mol. The van der Waals surface area contributed by atoms with E-state index in [0.717, 1.165) is 16.3 Å². The van der Waals surface area contributed by atoms with Gasteiger partial charge in [0.2, 0.25) is 11.8 Å². The Kier molecular flexibility index (Phi) is 6.18. The molecular formula is C21H19N3O3S. The van der Waals surface area contributed by atoms with Crippen LogP contribution in [0.5, 0.6) is 5.75 Å². The number of rotatable bonds is 7. The predicted octanol–water partition coefficient (Wildman–Crippen LogP) is 3.78. The lowest BCUT2D eigenvalue weighted by molar-refractivity contribution is -0.111. The van der Waals surface area contributed by atoms with E-state index in [2.05, 4.69) is 10.3 Å². The second-order valence-electron chi connectivity index (χ2n) is 5.98. The molecule has 142 valence electrons. The van der Waals surface area contributed by atoms with E-state index in [-0.39, 0.29) is 5.91 Å². The van der Waals surface area contributed by atoms with Crippen molar-refractivity contribution in [3.05, 3.63) is 81.8 Å². The lowest BCUT2D eigenvalue weighted by Crippen LogP contribution is -2.11. The molecule has 1 heterocycles. The van der Waals surface area contributed by atoms with Crippen molar-refractivity contribution in [3.63, 3.8) is 0 Å². The van der Waals surface area contributed by atoms with Crippen molar-refractivity contribution < 1.29 is 14.3 Å². The molecule has 6 nitrogen and oxygen atoms in total. The fraction of sp³-hybridized carbons (Fsp3) is 0.0952. The lowest BCUT2D eigenvalue weighted by Gasteiger charge is -2.05. The van der Waals surface area contributed by atoms with Gasteiger partial charge in [-0.1, -0.05) is 12.1 Å². The summed E-state index contributed by atoms with van der Waals surface area (Å²) in [6.07, 6.45) is 3.14. The van der Waals surface area contributed by atoms with Gasteiger partial charge in [-0.05, 0) is 55.0 Å². The van der Waals surface area contributed by atoms with Crippen LogP contribution in [0.25, 0.3) is 6.08 Å². The van der Waals surface area contributed by atoms with Gasteiger partial charge in [-0.25, -0.2) is 4.98 Å². The smallest absolute Gasteiger partial charge is 0.248 e. The number of ether oxygens (including phenoxy) is 1. The number of aryl methyl sites for hydroxylation is 1. The number of primary amides is 1. The zero-order chi connectivity index (χ0) is 19.9. The summed E-state index contributed by atoms with van der Waals surface area (Å²) in [7, 11) is 0. The third kappa shape index (κ3) is 5.52. The van der Waals surface area contributed by atoms with Crippen molar-refractivity contribution in [3.8, 4) is 5.75 Å². The van der Waals surface area contributed by atoms with Crippen LogP contribution in [0.1, 0.15) is 26.6 Å². The molecule has 2 aromatic carbocycles. The summed E-state index contributed by atoms with van der Waals surface area (Å²) in [5, 5.41) is 5.70. The molecule has 0 aliphatic heterocycles. The van der Waals surface area contributed by atoms with Crippen molar-refractivity contribution in [2.24, 2.45) is 5.73 Å². The second kappa shape index (κ2) is 8.96. The molecule has 7 heteroatoms. The van der Waals surface area contributed by atoms with Crippen LogP contribution in [-0.4, -0.2) is 16.8 Å². The van der Waals surface area contributed by atoms with Gasteiger partial charge in [0.05, 0.1) is 10.7 Å². The highest BCUT2D eigenvalue weighted by Gasteiger charge is 2.03. The topological polar surface area (TPSA) is 94.3 Å². The maximum absolute atomic E-state index is 12.1. The minimum atomic E-state index is -0.509. The maximum Gasteiger partial charge on any atom is 0.248 e. The number of carbonyl (C=O) groups is 2. The highest BCUT2D eigenvalue weighted by molar-refractivity contribution is 7.09. The van der Waals surface area contributed by atoms with E-state index < -0.39 is 5.91 Å². The molecule has 2 amide bonds. The van der Waals surface area contributed by atoms with Gasteiger partial charge in [-0.2, -0.15) is 0 Å². The Morgan fingerprint density at radius 3 is 2.68 bits per heavy atom. The van der Waals surface area contributed by atoms with Gasteiger partial charge in [0.25, 0.3) is 0 Å². The Bertz CT molecular complexity index is 1010. The number of hydrogen-bond donors (Lipinski definition) is 2. The molecule has 3 aromatic rings. The summed E-state index contributed by atoms with van der Waals surface area (Å²) in [4.78, 5) is 27.5. The number of nitrogens with zero attached hydrogens (tertiary/aromatic N) is 1. The standard InChI is InChI=1S/C21H19N3O3S/c1-14-23-18(13-28-14)12-27-19-4-2-3-15(11-19)5-10-20(25)24-17-8-6-16(7-9-17)21(22)26/h2-11,13H,12H2,1H3,(H2,22,26)(H,24,25). The number of nitrogens with one attached hydrogen (secondary N) is 1. The van der Waals surface area contributed by atoms with Crippen molar-refractivity contribution in [2.45, 2.75) is 13.5 Å². The van der Waals surface area contributed by atoms with E-state index in [0.29, 0.717) is 23.6 Å². The van der Waals surface area contributed by atoms with E-state index >= 15 is 0 Å². The van der Waals surface area contributed by atoms with Crippen molar-refractivity contribution in [1.82, 2.24) is 4.98 Å². The predicted molar refractivity (Wildman–Crippen MR) is 110 cm³/mol. The molecule has 0 unspecified atom stereocenters. The largest absolute Gasteiger partial charge is 0.487 e. The number of anilines is 1. The van der Waals surface area contributed by atoms with Gasteiger partial charge < -0.3 is 15.8 Å². The summed E-state index contributed by atoms with van der Waals surface area (Å²) in [6.45, 7) is 2.36. The van der Waals surface area contributed by atoms with Crippen LogP contribution in [-0.2, 0) is 11.4 Å². The van der Waals surface area contributed by atoms with E-state index in [4.69, 9.17) is 10.5 Å². The van der Waals surface area contributed by atoms with Gasteiger partial charge in [0, 0.05) is 22.7 Å². The molecule has 0 atom stereocenters. The summed E-state index contributed by atoms with van der Waals surface area (Å²) in [5.41, 5.74) is 7.89. The molecular weight excluding hydrogens is 374 g/mol. The van der Waals surface area contributed by atoms with Crippen LogP contribution in [0.3, 0.4) is 0 Å². The van der Waals surface area contributed by atoms with Gasteiger partial charge in [-0.15, -0.1) is 11.3 Å². The number of benzene rings is 2. The minimum Gasteiger partial charge on any atom is -0.487 e. The number of amides is 2. The Labute approximate surface area is 166 Å². The molecule has 1 aromatic heterocycles. The minimum absolute atomic E-state index is 0.281. The molecule has 0 saturated heterocycles. The van der Waals surface area contributed by atoms with Crippen molar-refractivity contribution in [2.75, 3.05) is 5.32 Å². The fourth-order valence-corrected chi connectivity index (χ4v) is 3.01. The van der Waals surface area contributed by atoms with Crippen LogP contribution in [0.4, 0.5) is 5.69 Å². The van der Waals surface area contributed by atoms with E-state index in [1.54, 1.807) is 41.7 Å². The Balaban J connectivity index is 1.57. The molecule has 3 rings (SSSR count). The first-order valence-electron chi connectivity index (χ1n) is 8.52. The third-order valence-corrected chi connectivity index (χ3v) is 4.60. The third-order valence-electron chi connectivity index (χ3n) is 3.78. The summed E-state index contributed by atoms with van der Waals surface area (Å²) in [5.74, 6) is -0.0869. The molecule has 0 radical (unpaired) electrons. The Morgan fingerprint density at radius 1 is 1.21 bits per heavy atom. The van der Waals surface area contributed by atoms with Crippen molar-refractivity contribution in [1.29, 1.82) is 0 Å². The zero-order valence-corrected chi connectivity index (χ0v) is 16.0. The molecule has 28 heavy (non-hydrogen) atoms. The highest BCUT2D eigenvalue weighted by atomic mass is 32.1. The van der Waals surface area contributed by atoms with Crippen LogP contribution < -0.4 is 15.8 Å². The van der Waals surface area contributed by atoms with E-state index in [1.165, 1.54) is 6.08 Å². The van der Waals surface area contributed by atoms with Crippen LogP contribution in [0, 0.1) is 6.92 Å². The average Bonchev–Trinajstić information content (AvgIpc) is 3.11. The number of carbonyl (C=O) groups excluding carboxylic acids is 2. The van der Waals surface area contributed by atoms with Gasteiger partial charge in [0.1, 0.15) is 12.4 Å². The van der Waals surface area contributed by atoms with E-state index in [9.17, 15) is 9.59 Å². The molecule has 0 bridgehead atoms. The van der Waals surface area contributed by atoms with Gasteiger partial charge >= 0.3 is 0 Å². The first-order chi connectivity index (χ1) is 13.5. The Hall–Kier alpha value is -3.45. The highest BCUT2D eigenvalue weighted by Crippen LogP contribution is 2.17. The van der Waals surface area contributed by atoms with Crippen molar-refractivity contribution >= 4 is 34.9 Å². The van der Waals surface area contributed by atoms with E-state index in [1.807, 2.05) is 36.6 Å². The Morgan fingerprint density at radius 2 is 2.00 bits per heavy atom. The molecule has 0 fully saturated rings. The molecule has 0 saturated carbocycles. The lowest BCUT2D eigenvalue weighted by atomic mass is 10.2. The molecule has 0 aliphatic carbocycles. The number of hydrogen-bond acceptors (Lipinski definition) is 5. The SMILES string of the molecule is Cc1nc(COc2cccc(C=CC(=O)Nc3ccc(C(N)=O)cc3)c2)cs1. The number of nitrogens with two attached hydrogens (primary N) is 1. The van der Waals surface area contributed by atoms with Crippen LogP contribution in [0.2, 0.25) is 0 Å². The fourth-order valence-electron chi connectivity index (χ4n) is 2.41. The van der Waals surface area contributed by atoms with Gasteiger partial charge in [-0.3, -0.25) is 9.59 Å².